The fraction of sp³-hybridized carbons (Fsp3) is 0.538. The monoisotopic (exact) mass is 210 g/mol. The molecule has 0 amide bonds. The summed E-state index contributed by atoms with van der Waals surface area (Å²) in [4.78, 5) is 0. The van der Waals surface area contributed by atoms with Crippen molar-refractivity contribution in [2.45, 2.75) is 33.1 Å². The Bertz CT molecular complexity index is 255. The predicted molar refractivity (Wildman–Crippen MR) is 63.9 cm³/mol. The SMILES string of the molecule is CCCC(C)(CCl)Cc1ccccc1. The third-order valence-electron chi connectivity index (χ3n) is 2.65. The van der Waals surface area contributed by atoms with Crippen LogP contribution in [0.5, 0.6) is 0 Å². The fourth-order valence-corrected chi connectivity index (χ4v) is 2.12. The minimum absolute atomic E-state index is 0.262. The summed E-state index contributed by atoms with van der Waals surface area (Å²) >= 11 is 6.04. The van der Waals surface area contributed by atoms with Gasteiger partial charge in [-0.2, -0.15) is 0 Å². The Hall–Kier alpha value is -0.490. The number of rotatable bonds is 5. The highest BCUT2D eigenvalue weighted by molar-refractivity contribution is 6.18. The Morgan fingerprint density at radius 3 is 2.36 bits per heavy atom. The number of alkyl halides is 1. The van der Waals surface area contributed by atoms with E-state index in [2.05, 4.69) is 44.2 Å². The fourth-order valence-electron chi connectivity index (χ4n) is 1.89. The van der Waals surface area contributed by atoms with Gasteiger partial charge in [0.15, 0.2) is 0 Å². The van der Waals surface area contributed by atoms with E-state index < -0.39 is 0 Å². The van der Waals surface area contributed by atoms with Gasteiger partial charge in [-0.1, -0.05) is 50.6 Å². The summed E-state index contributed by atoms with van der Waals surface area (Å²) in [6, 6.07) is 10.6. The van der Waals surface area contributed by atoms with E-state index in [1.807, 2.05) is 0 Å². The van der Waals surface area contributed by atoms with Crippen molar-refractivity contribution < 1.29 is 0 Å². The molecule has 1 aromatic carbocycles. The van der Waals surface area contributed by atoms with Crippen LogP contribution in [0.2, 0.25) is 0 Å². The highest BCUT2D eigenvalue weighted by Gasteiger charge is 2.22. The van der Waals surface area contributed by atoms with Crippen molar-refractivity contribution in [2.24, 2.45) is 5.41 Å². The van der Waals surface area contributed by atoms with Crippen molar-refractivity contribution in [1.82, 2.24) is 0 Å². The van der Waals surface area contributed by atoms with Crippen molar-refractivity contribution in [1.29, 1.82) is 0 Å². The maximum Gasteiger partial charge on any atom is 0.0280 e. The third kappa shape index (κ3) is 3.34. The van der Waals surface area contributed by atoms with Crippen molar-refractivity contribution in [3.05, 3.63) is 35.9 Å². The third-order valence-corrected chi connectivity index (χ3v) is 3.30. The Morgan fingerprint density at radius 2 is 1.86 bits per heavy atom. The van der Waals surface area contributed by atoms with Gasteiger partial charge in [-0.3, -0.25) is 0 Å². The van der Waals surface area contributed by atoms with Gasteiger partial charge in [0, 0.05) is 5.88 Å². The Kier molecular flexibility index (Phi) is 4.47. The molecule has 0 radical (unpaired) electrons. The summed E-state index contributed by atoms with van der Waals surface area (Å²) in [6.07, 6.45) is 3.49. The van der Waals surface area contributed by atoms with Crippen molar-refractivity contribution in [3.63, 3.8) is 0 Å². The van der Waals surface area contributed by atoms with E-state index in [9.17, 15) is 0 Å². The van der Waals surface area contributed by atoms with Gasteiger partial charge < -0.3 is 0 Å². The molecule has 14 heavy (non-hydrogen) atoms. The first-order valence-corrected chi connectivity index (χ1v) is 5.83. The zero-order valence-electron chi connectivity index (χ0n) is 9.09. The van der Waals surface area contributed by atoms with Crippen molar-refractivity contribution in [2.75, 3.05) is 5.88 Å². The zero-order valence-corrected chi connectivity index (χ0v) is 9.85. The first-order chi connectivity index (χ1) is 6.70. The highest BCUT2D eigenvalue weighted by atomic mass is 35.5. The van der Waals surface area contributed by atoms with Crippen molar-refractivity contribution in [3.8, 4) is 0 Å². The molecule has 1 heteroatoms. The molecule has 0 saturated heterocycles. The molecule has 0 bridgehead atoms. The standard InChI is InChI=1S/C13H19Cl/c1-3-9-13(2,11-14)10-12-7-5-4-6-8-12/h4-8H,3,9-11H2,1-2H3. The van der Waals surface area contributed by atoms with Crippen LogP contribution >= 0.6 is 11.6 Å². The van der Waals surface area contributed by atoms with Crippen LogP contribution in [0.1, 0.15) is 32.3 Å². The predicted octanol–water partition coefficient (Wildman–Crippen LogP) is 4.27. The van der Waals surface area contributed by atoms with E-state index in [1.54, 1.807) is 0 Å². The van der Waals surface area contributed by atoms with Gasteiger partial charge in [-0.25, -0.2) is 0 Å². The smallest absolute Gasteiger partial charge is 0.0280 e. The molecule has 1 atom stereocenters. The molecule has 78 valence electrons. The zero-order chi connectivity index (χ0) is 10.4. The maximum atomic E-state index is 6.04. The second-order valence-electron chi connectivity index (χ2n) is 4.36. The van der Waals surface area contributed by atoms with E-state index in [0.717, 1.165) is 12.3 Å². The Morgan fingerprint density at radius 1 is 1.21 bits per heavy atom. The lowest BCUT2D eigenvalue weighted by atomic mass is 9.81. The van der Waals surface area contributed by atoms with Crippen LogP contribution in [0, 0.1) is 5.41 Å². The van der Waals surface area contributed by atoms with E-state index in [-0.39, 0.29) is 5.41 Å². The second kappa shape index (κ2) is 5.41. The molecule has 0 N–H and O–H groups in total. The molecule has 0 aliphatic heterocycles. The maximum absolute atomic E-state index is 6.04. The lowest BCUT2D eigenvalue weighted by molar-refractivity contribution is 0.335. The number of hydrogen-bond acceptors (Lipinski definition) is 0. The van der Waals surface area contributed by atoms with Gasteiger partial charge >= 0.3 is 0 Å². The van der Waals surface area contributed by atoms with Crippen LogP contribution in [0.4, 0.5) is 0 Å². The molecule has 0 fully saturated rings. The van der Waals surface area contributed by atoms with Gasteiger partial charge in [0.05, 0.1) is 0 Å². The van der Waals surface area contributed by atoms with E-state index in [4.69, 9.17) is 11.6 Å². The average Bonchev–Trinajstić information content (AvgIpc) is 2.20. The van der Waals surface area contributed by atoms with E-state index >= 15 is 0 Å². The molecule has 0 nitrogen and oxygen atoms in total. The summed E-state index contributed by atoms with van der Waals surface area (Å²) in [7, 11) is 0. The molecule has 0 aliphatic rings. The van der Waals surface area contributed by atoms with Crippen LogP contribution < -0.4 is 0 Å². The summed E-state index contributed by atoms with van der Waals surface area (Å²) in [5.41, 5.74) is 1.65. The van der Waals surface area contributed by atoms with Gasteiger partial charge in [0.25, 0.3) is 0 Å². The van der Waals surface area contributed by atoms with Gasteiger partial charge in [0.1, 0.15) is 0 Å². The summed E-state index contributed by atoms with van der Waals surface area (Å²) in [6.45, 7) is 4.49. The minimum atomic E-state index is 0.262. The largest absolute Gasteiger partial charge is 0.126 e. The highest BCUT2D eigenvalue weighted by Crippen LogP contribution is 2.29. The number of benzene rings is 1. The molecule has 1 unspecified atom stereocenters. The quantitative estimate of drug-likeness (QED) is 0.637. The summed E-state index contributed by atoms with van der Waals surface area (Å²) < 4.78 is 0. The Labute approximate surface area is 92.3 Å². The molecule has 1 rings (SSSR count). The molecule has 0 aliphatic carbocycles. The molecular weight excluding hydrogens is 192 g/mol. The summed E-state index contributed by atoms with van der Waals surface area (Å²) in [5.74, 6) is 0.746. The molecule has 0 spiro atoms. The molecule has 1 aromatic rings. The van der Waals surface area contributed by atoms with Crippen molar-refractivity contribution >= 4 is 11.6 Å². The molecule has 0 aromatic heterocycles. The topological polar surface area (TPSA) is 0 Å². The average molecular weight is 211 g/mol. The van der Waals surface area contributed by atoms with Gasteiger partial charge in [0.2, 0.25) is 0 Å². The number of halogens is 1. The Balaban J connectivity index is 2.65. The second-order valence-corrected chi connectivity index (χ2v) is 4.62. The van der Waals surface area contributed by atoms with Crippen LogP contribution in [0.3, 0.4) is 0 Å². The van der Waals surface area contributed by atoms with Crippen LogP contribution in [-0.4, -0.2) is 5.88 Å². The first-order valence-electron chi connectivity index (χ1n) is 5.30. The lowest BCUT2D eigenvalue weighted by Gasteiger charge is -2.26. The van der Waals surface area contributed by atoms with E-state index in [0.29, 0.717) is 0 Å². The number of hydrogen-bond donors (Lipinski definition) is 0. The minimum Gasteiger partial charge on any atom is -0.126 e. The lowest BCUT2D eigenvalue weighted by Crippen LogP contribution is -2.21. The van der Waals surface area contributed by atoms with Gasteiger partial charge in [-0.15, -0.1) is 11.6 Å². The normalized spacial score (nSPS) is 15.1. The van der Waals surface area contributed by atoms with E-state index in [1.165, 1.54) is 18.4 Å². The molecule has 0 heterocycles. The molecular formula is C13H19Cl. The first kappa shape index (κ1) is 11.6. The molecule has 0 saturated carbocycles. The van der Waals surface area contributed by atoms with Crippen LogP contribution in [-0.2, 0) is 6.42 Å². The summed E-state index contributed by atoms with van der Waals surface area (Å²) in [5, 5.41) is 0. The van der Waals surface area contributed by atoms with Gasteiger partial charge in [-0.05, 0) is 23.8 Å². The van der Waals surface area contributed by atoms with Crippen LogP contribution in [0.25, 0.3) is 0 Å². The van der Waals surface area contributed by atoms with Crippen LogP contribution in [0.15, 0.2) is 30.3 Å².